The standard InChI is InChI=1S/C16H17N7O3/c1-10-4-3-5-13(6-10)23-11(2)15(19-21-23)16(26)17-7-12-8-22(20-18-12)9-14(24)25/h3-6,8H,7,9H2,1-2H3,(H,17,26)(H,24,25). The Hall–Kier alpha value is -3.56. The molecule has 0 saturated carbocycles. The first kappa shape index (κ1) is 17.3. The molecule has 1 aromatic carbocycles. The predicted octanol–water partition coefficient (Wildman–Crippen LogP) is 0.490. The Balaban J connectivity index is 1.69. The lowest BCUT2D eigenvalue weighted by Crippen LogP contribution is -2.24. The van der Waals surface area contributed by atoms with Crippen LogP contribution in [0.15, 0.2) is 30.5 Å². The van der Waals surface area contributed by atoms with E-state index in [-0.39, 0.29) is 18.8 Å². The van der Waals surface area contributed by atoms with Gasteiger partial charge in [-0.1, -0.05) is 22.6 Å². The molecule has 0 atom stereocenters. The number of aryl methyl sites for hydroxylation is 1. The lowest BCUT2D eigenvalue weighted by Gasteiger charge is -2.05. The highest BCUT2D eigenvalue weighted by molar-refractivity contribution is 5.93. The Morgan fingerprint density at radius 3 is 2.73 bits per heavy atom. The number of hydrogen-bond acceptors (Lipinski definition) is 6. The third kappa shape index (κ3) is 3.74. The Morgan fingerprint density at radius 1 is 1.19 bits per heavy atom. The molecule has 134 valence electrons. The monoisotopic (exact) mass is 355 g/mol. The van der Waals surface area contributed by atoms with Crippen molar-refractivity contribution in [1.82, 2.24) is 35.3 Å². The van der Waals surface area contributed by atoms with Crippen molar-refractivity contribution >= 4 is 11.9 Å². The van der Waals surface area contributed by atoms with E-state index in [0.29, 0.717) is 11.4 Å². The maximum atomic E-state index is 12.4. The van der Waals surface area contributed by atoms with Gasteiger partial charge in [0.1, 0.15) is 12.2 Å². The van der Waals surface area contributed by atoms with Gasteiger partial charge in [-0.25, -0.2) is 9.36 Å². The summed E-state index contributed by atoms with van der Waals surface area (Å²) in [6.07, 6.45) is 1.46. The third-order valence-electron chi connectivity index (χ3n) is 3.67. The van der Waals surface area contributed by atoms with Crippen molar-refractivity contribution in [2.75, 3.05) is 0 Å². The molecule has 0 unspecified atom stereocenters. The van der Waals surface area contributed by atoms with Gasteiger partial charge in [0.15, 0.2) is 5.69 Å². The van der Waals surface area contributed by atoms with Gasteiger partial charge in [0.2, 0.25) is 0 Å². The maximum Gasteiger partial charge on any atom is 0.325 e. The van der Waals surface area contributed by atoms with Crippen LogP contribution in [-0.2, 0) is 17.9 Å². The first-order chi connectivity index (χ1) is 12.4. The summed E-state index contributed by atoms with van der Waals surface area (Å²) in [4.78, 5) is 23.0. The first-order valence-corrected chi connectivity index (χ1v) is 7.82. The zero-order valence-electron chi connectivity index (χ0n) is 14.2. The number of nitrogens with zero attached hydrogens (tertiary/aromatic N) is 6. The van der Waals surface area contributed by atoms with E-state index in [1.54, 1.807) is 11.6 Å². The highest BCUT2D eigenvalue weighted by atomic mass is 16.4. The molecule has 10 nitrogen and oxygen atoms in total. The molecule has 0 saturated heterocycles. The minimum Gasteiger partial charge on any atom is -0.480 e. The highest BCUT2D eigenvalue weighted by Crippen LogP contribution is 2.13. The third-order valence-corrected chi connectivity index (χ3v) is 3.67. The van der Waals surface area contributed by atoms with Crippen molar-refractivity contribution in [3.8, 4) is 5.69 Å². The van der Waals surface area contributed by atoms with Crippen molar-refractivity contribution < 1.29 is 14.7 Å². The summed E-state index contributed by atoms with van der Waals surface area (Å²) in [5, 5.41) is 26.9. The van der Waals surface area contributed by atoms with E-state index in [1.807, 2.05) is 31.2 Å². The van der Waals surface area contributed by atoms with Crippen molar-refractivity contribution in [3.63, 3.8) is 0 Å². The van der Waals surface area contributed by atoms with Gasteiger partial charge in [-0.3, -0.25) is 9.59 Å². The van der Waals surface area contributed by atoms with Gasteiger partial charge < -0.3 is 10.4 Å². The van der Waals surface area contributed by atoms with Gasteiger partial charge >= 0.3 is 5.97 Å². The Morgan fingerprint density at radius 2 is 2.00 bits per heavy atom. The molecule has 0 fully saturated rings. The smallest absolute Gasteiger partial charge is 0.325 e. The van der Waals surface area contributed by atoms with Crippen LogP contribution in [0.5, 0.6) is 0 Å². The molecule has 2 aromatic heterocycles. The van der Waals surface area contributed by atoms with E-state index in [4.69, 9.17) is 5.11 Å². The maximum absolute atomic E-state index is 12.4. The Labute approximate surface area is 148 Å². The van der Waals surface area contributed by atoms with Crippen molar-refractivity contribution in [2.45, 2.75) is 26.9 Å². The largest absolute Gasteiger partial charge is 0.480 e. The molecule has 1 amide bonds. The van der Waals surface area contributed by atoms with Crippen LogP contribution in [0.1, 0.15) is 27.4 Å². The number of aliphatic carboxylic acids is 1. The number of carboxylic acid groups (broad SMARTS) is 1. The quantitative estimate of drug-likeness (QED) is 0.658. The van der Waals surface area contributed by atoms with Crippen LogP contribution in [0.3, 0.4) is 0 Å². The van der Waals surface area contributed by atoms with Crippen molar-refractivity contribution in [3.05, 3.63) is 53.1 Å². The van der Waals surface area contributed by atoms with Gasteiger partial charge in [0.25, 0.3) is 5.91 Å². The van der Waals surface area contributed by atoms with Crippen LogP contribution in [0.25, 0.3) is 5.69 Å². The van der Waals surface area contributed by atoms with Crippen LogP contribution in [0.2, 0.25) is 0 Å². The van der Waals surface area contributed by atoms with E-state index < -0.39 is 11.9 Å². The van der Waals surface area contributed by atoms with Gasteiger partial charge in [-0.05, 0) is 31.5 Å². The van der Waals surface area contributed by atoms with Gasteiger partial charge in [-0.2, -0.15) is 0 Å². The fourth-order valence-corrected chi connectivity index (χ4v) is 2.43. The molecule has 0 spiro atoms. The number of carboxylic acids is 1. The van der Waals surface area contributed by atoms with E-state index in [9.17, 15) is 9.59 Å². The van der Waals surface area contributed by atoms with E-state index >= 15 is 0 Å². The molecule has 3 rings (SSSR count). The van der Waals surface area contributed by atoms with Crippen LogP contribution >= 0.6 is 0 Å². The SMILES string of the molecule is Cc1cccc(-n2nnc(C(=O)NCc3cn(CC(=O)O)nn3)c2C)c1. The second kappa shape index (κ2) is 7.13. The Kier molecular flexibility index (Phi) is 4.74. The molecule has 3 aromatic rings. The summed E-state index contributed by atoms with van der Waals surface area (Å²) >= 11 is 0. The van der Waals surface area contributed by atoms with Crippen molar-refractivity contribution in [2.24, 2.45) is 0 Å². The minimum absolute atomic E-state index is 0.106. The number of hydrogen-bond donors (Lipinski definition) is 2. The number of carbonyl (C=O) groups is 2. The summed E-state index contributed by atoms with van der Waals surface area (Å²) in [7, 11) is 0. The van der Waals surface area contributed by atoms with Crippen LogP contribution in [0, 0.1) is 13.8 Å². The summed E-state index contributed by atoms with van der Waals surface area (Å²) in [5.74, 6) is -1.41. The number of aromatic nitrogens is 6. The summed E-state index contributed by atoms with van der Waals surface area (Å²) in [6, 6.07) is 7.72. The number of benzene rings is 1. The van der Waals surface area contributed by atoms with Gasteiger partial charge in [-0.15, -0.1) is 10.2 Å². The summed E-state index contributed by atoms with van der Waals surface area (Å²) < 4.78 is 2.79. The topological polar surface area (TPSA) is 128 Å². The summed E-state index contributed by atoms with van der Waals surface area (Å²) in [6.45, 7) is 3.56. The normalized spacial score (nSPS) is 10.7. The fourth-order valence-electron chi connectivity index (χ4n) is 2.43. The molecule has 0 aliphatic rings. The second-order valence-corrected chi connectivity index (χ2v) is 5.76. The molecule has 10 heteroatoms. The van der Waals surface area contributed by atoms with Crippen LogP contribution in [-0.4, -0.2) is 47.0 Å². The molecule has 0 bridgehead atoms. The molecular formula is C16H17N7O3. The average molecular weight is 355 g/mol. The van der Waals surface area contributed by atoms with Crippen molar-refractivity contribution in [1.29, 1.82) is 0 Å². The number of rotatable bonds is 6. The zero-order valence-corrected chi connectivity index (χ0v) is 14.2. The molecule has 0 aliphatic carbocycles. The first-order valence-electron chi connectivity index (χ1n) is 7.82. The van der Waals surface area contributed by atoms with E-state index in [2.05, 4.69) is 25.9 Å². The molecule has 0 aliphatic heterocycles. The molecule has 0 radical (unpaired) electrons. The number of nitrogens with one attached hydrogen (secondary N) is 1. The van der Waals surface area contributed by atoms with Gasteiger partial charge in [0, 0.05) is 0 Å². The number of carbonyl (C=O) groups excluding carboxylic acids is 1. The summed E-state index contributed by atoms with van der Waals surface area (Å²) in [5.41, 5.74) is 3.17. The zero-order chi connectivity index (χ0) is 18.7. The average Bonchev–Trinajstić information content (AvgIpc) is 3.18. The number of amides is 1. The van der Waals surface area contributed by atoms with Crippen LogP contribution in [0.4, 0.5) is 0 Å². The van der Waals surface area contributed by atoms with Gasteiger partial charge in [0.05, 0.1) is 24.1 Å². The molecule has 2 N–H and O–H groups in total. The highest BCUT2D eigenvalue weighted by Gasteiger charge is 2.17. The lowest BCUT2D eigenvalue weighted by molar-refractivity contribution is -0.137. The van der Waals surface area contributed by atoms with Crippen LogP contribution < -0.4 is 5.32 Å². The van der Waals surface area contributed by atoms with E-state index in [1.165, 1.54) is 10.9 Å². The fraction of sp³-hybridized carbons (Fsp3) is 0.250. The molecule has 26 heavy (non-hydrogen) atoms. The Bertz CT molecular complexity index is 960. The molecule has 2 heterocycles. The minimum atomic E-state index is -1.02. The molecular weight excluding hydrogens is 338 g/mol. The lowest BCUT2D eigenvalue weighted by atomic mass is 10.2. The second-order valence-electron chi connectivity index (χ2n) is 5.76. The van der Waals surface area contributed by atoms with E-state index in [0.717, 1.165) is 11.3 Å². The predicted molar refractivity (Wildman–Crippen MR) is 89.7 cm³/mol.